The van der Waals surface area contributed by atoms with Gasteiger partial charge in [-0.05, 0) is 82.0 Å². The lowest BCUT2D eigenvalue weighted by Crippen LogP contribution is -2.33. The fourth-order valence-corrected chi connectivity index (χ4v) is 5.32. The van der Waals surface area contributed by atoms with Crippen LogP contribution in [0.5, 0.6) is 0 Å². The molecule has 2 aliphatic carbocycles. The Bertz CT molecular complexity index is 556. The smallest absolute Gasteiger partial charge is 0.332 e. The van der Waals surface area contributed by atoms with Crippen LogP contribution in [0.25, 0.3) is 0 Å². The van der Waals surface area contributed by atoms with Gasteiger partial charge >= 0.3 is 11.9 Å². The Labute approximate surface area is 188 Å². The molecular weight excluding hydrogens is 392 g/mol. The maximum absolute atomic E-state index is 11.8. The van der Waals surface area contributed by atoms with Crippen LogP contribution in [0.15, 0.2) is 25.3 Å². The number of hydrogen-bond acceptors (Lipinski definition) is 5. The maximum atomic E-state index is 11.8. The molecule has 31 heavy (non-hydrogen) atoms. The number of rotatable bonds is 13. The Morgan fingerprint density at radius 2 is 1.48 bits per heavy atom. The molecule has 0 aliphatic heterocycles. The second kappa shape index (κ2) is 14.4. The van der Waals surface area contributed by atoms with Gasteiger partial charge in [-0.2, -0.15) is 0 Å². The van der Waals surface area contributed by atoms with E-state index in [-0.39, 0.29) is 25.0 Å². The molecule has 0 N–H and O–H groups in total. The average molecular weight is 435 g/mol. The molecule has 0 aromatic heterocycles. The molecule has 0 radical (unpaired) electrons. The van der Waals surface area contributed by atoms with E-state index < -0.39 is 5.97 Å². The van der Waals surface area contributed by atoms with Crippen molar-refractivity contribution < 1.29 is 23.8 Å². The highest BCUT2D eigenvalue weighted by Gasteiger charge is 2.34. The zero-order valence-corrected chi connectivity index (χ0v) is 19.4. The van der Waals surface area contributed by atoms with Crippen molar-refractivity contribution in [3.8, 4) is 0 Å². The summed E-state index contributed by atoms with van der Waals surface area (Å²) in [5.41, 5.74) is 0. The highest BCUT2D eigenvalue weighted by Crippen LogP contribution is 2.42. The first-order chi connectivity index (χ1) is 15.1. The van der Waals surface area contributed by atoms with Gasteiger partial charge in [0.2, 0.25) is 0 Å². The maximum Gasteiger partial charge on any atom is 0.332 e. The summed E-state index contributed by atoms with van der Waals surface area (Å²) >= 11 is 0. The summed E-state index contributed by atoms with van der Waals surface area (Å²) < 4.78 is 16.4. The second-order valence-corrected chi connectivity index (χ2v) is 9.19. The molecule has 5 heteroatoms. The van der Waals surface area contributed by atoms with Crippen LogP contribution >= 0.6 is 0 Å². The van der Waals surface area contributed by atoms with Gasteiger partial charge in [-0.25, -0.2) is 9.59 Å². The Morgan fingerprint density at radius 1 is 0.871 bits per heavy atom. The Morgan fingerprint density at radius 3 is 2.06 bits per heavy atom. The van der Waals surface area contributed by atoms with E-state index in [4.69, 9.17) is 14.2 Å². The van der Waals surface area contributed by atoms with Crippen LogP contribution in [-0.4, -0.2) is 30.9 Å². The Kier molecular flexibility index (Phi) is 11.9. The molecule has 0 aromatic rings. The van der Waals surface area contributed by atoms with Crippen molar-refractivity contribution in [2.75, 3.05) is 6.79 Å². The first kappa shape index (κ1) is 25.6. The van der Waals surface area contributed by atoms with Gasteiger partial charge < -0.3 is 14.2 Å². The standard InChI is InChI=1S/C26H42O5/c1-4-7-8-9-10-24(31-26(28)6-3)22-13-11-20(12-14-22)21-15-17-23(18-16-21)29-19-30-25(27)5-2/h5-6,20-24H,2-4,7-19H2,1H3. The van der Waals surface area contributed by atoms with Crippen molar-refractivity contribution in [2.45, 2.75) is 103 Å². The lowest BCUT2D eigenvalue weighted by atomic mass is 9.69. The number of esters is 2. The van der Waals surface area contributed by atoms with Gasteiger partial charge in [0.15, 0.2) is 6.79 Å². The summed E-state index contributed by atoms with van der Waals surface area (Å²) in [6.45, 7) is 9.19. The fraction of sp³-hybridized carbons (Fsp3) is 0.769. The van der Waals surface area contributed by atoms with Crippen LogP contribution in [-0.2, 0) is 23.8 Å². The molecule has 2 rings (SSSR count). The first-order valence-corrected chi connectivity index (χ1v) is 12.3. The van der Waals surface area contributed by atoms with Gasteiger partial charge in [-0.1, -0.05) is 39.3 Å². The number of unbranched alkanes of at least 4 members (excludes halogenated alkanes) is 3. The summed E-state index contributed by atoms with van der Waals surface area (Å²) in [4.78, 5) is 22.9. The summed E-state index contributed by atoms with van der Waals surface area (Å²) in [6, 6.07) is 0. The third-order valence-electron chi connectivity index (χ3n) is 7.18. The van der Waals surface area contributed by atoms with E-state index in [0.717, 1.165) is 56.4 Å². The third kappa shape index (κ3) is 9.18. The molecule has 2 aliphatic rings. The van der Waals surface area contributed by atoms with E-state index in [1.54, 1.807) is 0 Å². The minimum absolute atomic E-state index is 0.0222. The first-order valence-electron chi connectivity index (χ1n) is 12.3. The van der Waals surface area contributed by atoms with Crippen LogP contribution in [0.2, 0.25) is 0 Å². The lowest BCUT2D eigenvalue weighted by Gasteiger charge is -2.39. The second-order valence-electron chi connectivity index (χ2n) is 9.19. The SMILES string of the molecule is C=CC(=O)OCOC1CCC(C2CCC(C(CCCCCC)OC(=O)C=C)CC2)CC1. The highest BCUT2D eigenvalue weighted by atomic mass is 16.7. The molecule has 1 unspecified atom stereocenters. The van der Waals surface area contributed by atoms with Crippen molar-refractivity contribution in [3.05, 3.63) is 25.3 Å². The molecule has 1 atom stereocenters. The monoisotopic (exact) mass is 434 g/mol. The Balaban J connectivity index is 1.72. The lowest BCUT2D eigenvalue weighted by molar-refractivity contribution is -0.157. The average Bonchev–Trinajstić information content (AvgIpc) is 2.81. The molecule has 2 fully saturated rings. The quantitative estimate of drug-likeness (QED) is 0.151. The van der Waals surface area contributed by atoms with Crippen LogP contribution in [0.4, 0.5) is 0 Å². The molecule has 2 saturated carbocycles. The van der Waals surface area contributed by atoms with Gasteiger partial charge in [0.25, 0.3) is 0 Å². The molecule has 5 nitrogen and oxygen atoms in total. The predicted octanol–water partition coefficient (Wildman–Crippen LogP) is 6.12. The van der Waals surface area contributed by atoms with Gasteiger partial charge in [0, 0.05) is 12.2 Å². The van der Waals surface area contributed by atoms with E-state index >= 15 is 0 Å². The third-order valence-corrected chi connectivity index (χ3v) is 7.18. The van der Waals surface area contributed by atoms with Crippen LogP contribution < -0.4 is 0 Å². The molecule has 0 saturated heterocycles. The number of ether oxygens (including phenoxy) is 3. The summed E-state index contributed by atoms with van der Waals surface area (Å²) in [7, 11) is 0. The molecule has 0 heterocycles. The van der Waals surface area contributed by atoms with Crippen LogP contribution in [0.3, 0.4) is 0 Å². The van der Waals surface area contributed by atoms with E-state index in [9.17, 15) is 9.59 Å². The molecule has 0 amide bonds. The molecule has 176 valence electrons. The zero-order chi connectivity index (χ0) is 22.5. The van der Waals surface area contributed by atoms with Crippen molar-refractivity contribution in [1.82, 2.24) is 0 Å². The van der Waals surface area contributed by atoms with Crippen LogP contribution in [0.1, 0.15) is 90.4 Å². The molecule has 0 bridgehead atoms. The van der Waals surface area contributed by atoms with E-state index in [2.05, 4.69) is 20.1 Å². The highest BCUT2D eigenvalue weighted by molar-refractivity contribution is 5.81. The number of hydrogen-bond donors (Lipinski definition) is 0. The normalized spacial score (nSPS) is 27.1. The van der Waals surface area contributed by atoms with Gasteiger partial charge in [-0.3, -0.25) is 0 Å². The largest absolute Gasteiger partial charge is 0.459 e. The van der Waals surface area contributed by atoms with Crippen molar-refractivity contribution in [1.29, 1.82) is 0 Å². The molecule has 0 aromatic carbocycles. The zero-order valence-electron chi connectivity index (χ0n) is 19.4. The fourth-order valence-electron chi connectivity index (χ4n) is 5.32. The number of carbonyl (C=O) groups is 2. The number of carbonyl (C=O) groups excluding carboxylic acids is 2. The summed E-state index contributed by atoms with van der Waals surface area (Å²) in [6.07, 6.45) is 17.7. The van der Waals surface area contributed by atoms with E-state index in [0.29, 0.717) is 5.92 Å². The summed E-state index contributed by atoms with van der Waals surface area (Å²) in [5, 5.41) is 0. The van der Waals surface area contributed by atoms with Crippen LogP contribution in [0, 0.1) is 17.8 Å². The minimum atomic E-state index is -0.437. The van der Waals surface area contributed by atoms with Crippen molar-refractivity contribution >= 4 is 11.9 Å². The Hall–Kier alpha value is -1.62. The minimum Gasteiger partial charge on any atom is -0.459 e. The van der Waals surface area contributed by atoms with Crippen molar-refractivity contribution in [3.63, 3.8) is 0 Å². The topological polar surface area (TPSA) is 61.8 Å². The van der Waals surface area contributed by atoms with Gasteiger partial charge in [0.1, 0.15) is 6.10 Å². The van der Waals surface area contributed by atoms with Gasteiger partial charge in [0.05, 0.1) is 6.10 Å². The predicted molar refractivity (Wildman–Crippen MR) is 122 cm³/mol. The molecular formula is C26H42O5. The van der Waals surface area contributed by atoms with Gasteiger partial charge in [-0.15, -0.1) is 0 Å². The molecule has 0 spiro atoms. The van der Waals surface area contributed by atoms with E-state index in [1.807, 2.05) is 0 Å². The van der Waals surface area contributed by atoms with Crippen molar-refractivity contribution in [2.24, 2.45) is 17.8 Å². The summed E-state index contributed by atoms with van der Waals surface area (Å²) in [5.74, 6) is 1.30. The van der Waals surface area contributed by atoms with E-state index in [1.165, 1.54) is 51.0 Å².